The minimum atomic E-state index is -1.22. The Morgan fingerprint density at radius 3 is 3.00 bits per heavy atom. The fourth-order valence-corrected chi connectivity index (χ4v) is 2.45. The van der Waals surface area contributed by atoms with Gasteiger partial charge < -0.3 is 15.2 Å². The van der Waals surface area contributed by atoms with Crippen LogP contribution in [-0.2, 0) is 4.74 Å². The molecule has 21 heavy (non-hydrogen) atoms. The van der Waals surface area contributed by atoms with Crippen molar-refractivity contribution in [3.63, 3.8) is 0 Å². The molecule has 8 nitrogen and oxygen atoms in total. The van der Waals surface area contributed by atoms with Gasteiger partial charge in [-0.2, -0.15) is 0 Å². The highest BCUT2D eigenvalue weighted by Gasteiger charge is 2.27. The monoisotopic (exact) mass is 295 g/mol. The van der Waals surface area contributed by atoms with Gasteiger partial charge in [0.25, 0.3) is 0 Å². The number of rotatable bonds is 6. The number of carboxylic acid groups (broad SMARTS) is 1. The van der Waals surface area contributed by atoms with Gasteiger partial charge in [0.2, 0.25) is 5.82 Å². The van der Waals surface area contributed by atoms with Crippen molar-refractivity contribution in [2.45, 2.75) is 25.9 Å². The Morgan fingerprint density at radius 2 is 2.38 bits per heavy atom. The van der Waals surface area contributed by atoms with Crippen molar-refractivity contribution in [2.75, 3.05) is 18.5 Å². The highest BCUT2D eigenvalue weighted by atomic mass is 16.6. The zero-order valence-electron chi connectivity index (χ0n) is 11.6. The molecule has 0 aromatic carbocycles. The van der Waals surface area contributed by atoms with Crippen LogP contribution < -0.4 is 5.32 Å². The number of pyridine rings is 1. The van der Waals surface area contributed by atoms with E-state index in [-0.39, 0.29) is 29.2 Å². The average Bonchev–Trinajstić information content (AvgIpc) is 2.91. The van der Waals surface area contributed by atoms with Crippen LogP contribution in [0.15, 0.2) is 12.1 Å². The molecule has 1 aromatic rings. The third kappa shape index (κ3) is 3.46. The molecule has 2 N–H and O–H groups in total. The number of nitro groups is 1. The lowest BCUT2D eigenvalue weighted by Gasteiger charge is -2.17. The SMILES string of the molecule is CCC1OCCC1CNc1nc(C(=O)O)ccc1[N+](=O)[O-]. The van der Waals surface area contributed by atoms with Crippen LogP contribution in [0.4, 0.5) is 11.5 Å². The summed E-state index contributed by atoms with van der Waals surface area (Å²) in [6, 6.07) is 2.28. The molecule has 2 unspecified atom stereocenters. The van der Waals surface area contributed by atoms with E-state index in [1.807, 2.05) is 6.92 Å². The van der Waals surface area contributed by atoms with E-state index in [1.165, 1.54) is 0 Å². The standard InChI is InChI=1S/C13H17N3O5/c1-2-11-8(5-6-21-11)7-14-12-10(16(19)20)4-3-9(15-12)13(17)18/h3-4,8,11H,2,5-7H2,1H3,(H,14,15)(H,17,18). The van der Waals surface area contributed by atoms with Gasteiger partial charge in [0.15, 0.2) is 5.69 Å². The zero-order chi connectivity index (χ0) is 15.4. The van der Waals surface area contributed by atoms with Gasteiger partial charge in [-0.3, -0.25) is 10.1 Å². The summed E-state index contributed by atoms with van der Waals surface area (Å²) < 4.78 is 5.55. The molecule has 0 bridgehead atoms. The summed E-state index contributed by atoms with van der Waals surface area (Å²) in [6.07, 6.45) is 1.87. The summed E-state index contributed by atoms with van der Waals surface area (Å²) >= 11 is 0. The summed E-state index contributed by atoms with van der Waals surface area (Å²) in [5.74, 6) is -0.991. The predicted molar refractivity (Wildman–Crippen MR) is 74.5 cm³/mol. The van der Waals surface area contributed by atoms with E-state index in [0.29, 0.717) is 13.2 Å². The lowest BCUT2D eigenvalue weighted by Crippen LogP contribution is -2.23. The molecule has 1 aliphatic heterocycles. The number of ether oxygens (including phenoxy) is 1. The number of hydrogen-bond donors (Lipinski definition) is 2. The van der Waals surface area contributed by atoms with Crippen molar-refractivity contribution in [3.05, 3.63) is 27.9 Å². The van der Waals surface area contributed by atoms with Crippen LogP contribution in [0.2, 0.25) is 0 Å². The number of anilines is 1. The lowest BCUT2D eigenvalue weighted by molar-refractivity contribution is -0.384. The highest BCUT2D eigenvalue weighted by molar-refractivity contribution is 5.86. The first kappa shape index (κ1) is 15.2. The van der Waals surface area contributed by atoms with Crippen LogP contribution in [0.1, 0.15) is 30.3 Å². The van der Waals surface area contributed by atoms with E-state index in [0.717, 1.165) is 25.0 Å². The Hall–Kier alpha value is -2.22. The summed E-state index contributed by atoms with van der Waals surface area (Å²) in [4.78, 5) is 25.1. The summed E-state index contributed by atoms with van der Waals surface area (Å²) in [5.41, 5.74) is -0.454. The number of nitrogens with zero attached hydrogens (tertiary/aromatic N) is 2. The lowest BCUT2D eigenvalue weighted by atomic mass is 10.00. The van der Waals surface area contributed by atoms with E-state index in [1.54, 1.807) is 0 Å². The Labute approximate surface area is 121 Å². The minimum absolute atomic E-state index is 0.0124. The van der Waals surface area contributed by atoms with Crippen LogP contribution >= 0.6 is 0 Å². The van der Waals surface area contributed by atoms with Gasteiger partial charge in [-0.1, -0.05) is 6.92 Å². The summed E-state index contributed by atoms with van der Waals surface area (Å²) in [7, 11) is 0. The largest absolute Gasteiger partial charge is 0.477 e. The van der Waals surface area contributed by atoms with Crippen molar-refractivity contribution in [3.8, 4) is 0 Å². The van der Waals surface area contributed by atoms with Crippen LogP contribution in [0.25, 0.3) is 0 Å². The first-order valence-electron chi connectivity index (χ1n) is 6.77. The Kier molecular flexibility index (Phi) is 4.69. The molecule has 114 valence electrons. The molecule has 0 spiro atoms. The van der Waals surface area contributed by atoms with E-state index in [4.69, 9.17) is 9.84 Å². The van der Waals surface area contributed by atoms with Crippen LogP contribution in [0.3, 0.4) is 0 Å². The number of nitrogens with one attached hydrogen (secondary N) is 1. The maximum atomic E-state index is 11.0. The predicted octanol–water partition coefficient (Wildman–Crippen LogP) is 1.91. The second-order valence-electron chi connectivity index (χ2n) is 4.87. The molecule has 0 amide bonds. The van der Waals surface area contributed by atoms with Crippen molar-refractivity contribution in [1.29, 1.82) is 0 Å². The fourth-order valence-electron chi connectivity index (χ4n) is 2.45. The number of aromatic nitrogens is 1. The topological polar surface area (TPSA) is 115 Å². The quantitative estimate of drug-likeness (QED) is 0.608. The molecule has 0 saturated carbocycles. The number of carboxylic acids is 1. The first-order valence-corrected chi connectivity index (χ1v) is 6.77. The van der Waals surface area contributed by atoms with Crippen molar-refractivity contribution >= 4 is 17.5 Å². The van der Waals surface area contributed by atoms with Gasteiger partial charge in [0, 0.05) is 25.1 Å². The normalized spacial score (nSPS) is 21.2. The molecule has 2 rings (SSSR count). The second-order valence-corrected chi connectivity index (χ2v) is 4.87. The van der Waals surface area contributed by atoms with Crippen molar-refractivity contribution < 1.29 is 19.6 Å². The summed E-state index contributed by atoms with van der Waals surface area (Å²) in [6.45, 7) is 3.17. The first-order chi connectivity index (χ1) is 10.0. The second kappa shape index (κ2) is 6.49. The van der Waals surface area contributed by atoms with Crippen molar-refractivity contribution in [2.24, 2.45) is 5.92 Å². The molecular formula is C13H17N3O5. The fraction of sp³-hybridized carbons (Fsp3) is 0.538. The molecule has 2 heterocycles. The average molecular weight is 295 g/mol. The van der Waals surface area contributed by atoms with E-state index < -0.39 is 10.9 Å². The van der Waals surface area contributed by atoms with Crippen molar-refractivity contribution in [1.82, 2.24) is 4.98 Å². The molecule has 1 aromatic heterocycles. The highest BCUT2D eigenvalue weighted by Crippen LogP contribution is 2.26. The van der Waals surface area contributed by atoms with Gasteiger partial charge in [-0.25, -0.2) is 9.78 Å². The van der Waals surface area contributed by atoms with E-state index in [9.17, 15) is 14.9 Å². The number of aromatic carboxylic acids is 1. The van der Waals surface area contributed by atoms with E-state index in [2.05, 4.69) is 10.3 Å². The third-order valence-electron chi connectivity index (χ3n) is 3.57. The smallest absolute Gasteiger partial charge is 0.354 e. The van der Waals surface area contributed by atoms with Crippen LogP contribution in [0.5, 0.6) is 0 Å². The molecule has 8 heteroatoms. The zero-order valence-corrected chi connectivity index (χ0v) is 11.6. The molecule has 2 atom stereocenters. The van der Waals surface area contributed by atoms with E-state index >= 15 is 0 Å². The molecule has 1 saturated heterocycles. The van der Waals surface area contributed by atoms with Gasteiger partial charge in [-0.15, -0.1) is 0 Å². The van der Waals surface area contributed by atoms with Gasteiger partial charge >= 0.3 is 11.7 Å². The maximum Gasteiger partial charge on any atom is 0.354 e. The maximum absolute atomic E-state index is 11.0. The number of carbonyl (C=O) groups is 1. The molecule has 0 aliphatic carbocycles. The molecular weight excluding hydrogens is 278 g/mol. The van der Waals surface area contributed by atoms with Crippen LogP contribution in [-0.4, -0.2) is 40.2 Å². The third-order valence-corrected chi connectivity index (χ3v) is 3.57. The van der Waals surface area contributed by atoms with Gasteiger partial charge in [-0.05, 0) is 18.9 Å². The molecule has 0 radical (unpaired) electrons. The Bertz CT molecular complexity index is 549. The van der Waals surface area contributed by atoms with Crippen LogP contribution in [0, 0.1) is 16.0 Å². The molecule has 1 aliphatic rings. The Morgan fingerprint density at radius 1 is 1.62 bits per heavy atom. The summed E-state index contributed by atoms with van der Waals surface area (Å²) in [5, 5.41) is 22.8. The minimum Gasteiger partial charge on any atom is -0.477 e. The number of hydrogen-bond acceptors (Lipinski definition) is 6. The Balaban J connectivity index is 2.15. The van der Waals surface area contributed by atoms with Gasteiger partial charge in [0.1, 0.15) is 0 Å². The molecule has 1 fully saturated rings. The van der Waals surface area contributed by atoms with Gasteiger partial charge in [0.05, 0.1) is 11.0 Å².